The van der Waals surface area contributed by atoms with Crippen LogP contribution in [0.15, 0.2) is 54.6 Å². The first-order chi connectivity index (χ1) is 14.5. The Hall–Kier alpha value is -3.70. The van der Waals surface area contributed by atoms with Crippen molar-refractivity contribution in [1.29, 1.82) is 5.26 Å². The average Bonchev–Trinajstić information content (AvgIpc) is 2.77. The van der Waals surface area contributed by atoms with E-state index in [1.54, 1.807) is 54.6 Å². The summed E-state index contributed by atoms with van der Waals surface area (Å²) >= 11 is 0. The van der Waals surface area contributed by atoms with Gasteiger partial charge >= 0.3 is 0 Å². The number of nitrogens with one attached hydrogen (secondary N) is 3. The minimum Gasteiger partial charge on any atom is -0.375 e. The molecule has 0 aliphatic carbocycles. The van der Waals surface area contributed by atoms with Crippen molar-refractivity contribution in [2.24, 2.45) is 0 Å². The van der Waals surface area contributed by atoms with E-state index in [1.165, 1.54) is 14.2 Å². The van der Waals surface area contributed by atoms with Gasteiger partial charge in [0.05, 0.1) is 11.6 Å². The number of methoxy groups -OCH3 is 1. The van der Waals surface area contributed by atoms with Gasteiger partial charge in [0.25, 0.3) is 0 Å². The number of nitrogens with zero attached hydrogens (tertiary/aromatic N) is 1. The van der Waals surface area contributed by atoms with E-state index in [2.05, 4.69) is 16.0 Å². The Balaban J connectivity index is 2.21. The van der Waals surface area contributed by atoms with E-state index < -0.39 is 23.9 Å². The van der Waals surface area contributed by atoms with Crippen molar-refractivity contribution in [2.75, 3.05) is 20.8 Å². The number of likely N-dealkylation sites (N-methyl/N-ethyl adjacent to an activating group) is 1. The lowest BCUT2D eigenvalue weighted by atomic mass is 10.0. The summed E-state index contributed by atoms with van der Waals surface area (Å²) in [7, 11) is 2.87. The third-order valence-electron chi connectivity index (χ3n) is 4.38. The van der Waals surface area contributed by atoms with Gasteiger partial charge in [-0.25, -0.2) is 0 Å². The molecule has 8 nitrogen and oxygen atoms in total. The van der Waals surface area contributed by atoms with Crippen LogP contribution in [0.25, 0.3) is 0 Å². The number of rotatable bonds is 9. The van der Waals surface area contributed by atoms with Crippen LogP contribution in [0.4, 0.5) is 0 Å². The van der Waals surface area contributed by atoms with Gasteiger partial charge in [-0.15, -0.1) is 0 Å². The predicted octanol–water partition coefficient (Wildman–Crippen LogP) is 0.835. The molecule has 0 spiro atoms. The molecule has 3 amide bonds. The molecule has 30 heavy (non-hydrogen) atoms. The monoisotopic (exact) mass is 408 g/mol. The highest BCUT2D eigenvalue weighted by atomic mass is 16.5. The van der Waals surface area contributed by atoms with Crippen LogP contribution in [-0.2, 0) is 25.5 Å². The molecule has 2 aromatic carbocycles. The summed E-state index contributed by atoms with van der Waals surface area (Å²) in [5.41, 5.74) is 1.86. The molecule has 0 saturated heterocycles. The summed E-state index contributed by atoms with van der Waals surface area (Å²) in [4.78, 5) is 37.4. The van der Waals surface area contributed by atoms with E-state index in [9.17, 15) is 14.4 Å². The first-order valence-electron chi connectivity index (χ1n) is 9.32. The molecule has 0 aliphatic heterocycles. The Morgan fingerprint density at radius 2 is 1.67 bits per heavy atom. The number of amides is 3. The number of nitriles is 1. The van der Waals surface area contributed by atoms with E-state index in [1.807, 2.05) is 6.07 Å². The van der Waals surface area contributed by atoms with E-state index >= 15 is 0 Å². The van der Waals surface area contributed by atoms with Gasteiger partial charge in [0.2, 0.25) is 17.7 Å². The molecule has 0 bridgehead atoms. The lowest BCUT2D eigenvalue weighted by molar-refractivity contribution is -0.133. The van der Waals surface area contributed by atoms with Gasteiger partial charge in [-0.05, 0) is 23.3 Å². The summed E-state index contributed by atoms with van der Waals surface area (Å²) in [6.45, 7) is -0.194. The zero-order valence-electron chi connectivity index (χ0n) is 16.8. The summed E-state index contributed by atoms with van der Waals surface area (Å²) < 4.78 is 4.82. The first-order valence-corrected chi connectivity index (χ1v) is 9.32. The smallest absolute Gasteiger partial charge is 0.247 e. The van der Waals surface area contributed by atoms with Crippen LogP contribution in [0.2, 0.25) is 0 Å². The standard InChI is InChI=1S/C22H24N4O4/c1-24-21(28)18(12-15-8-10-16(13-23)11-9-15)25-22(29)20(26-19(27)14-30-2)17-6-4-3-5-7-17/h3-11,18,20H,12,14H2,1-2H3,(H,24,28)(H,25,29)(H,26,27)/t18-,20+/m1/s1. The molecule has 0 unspecified atom stereocenters. The fraction of sp³-hybridized carbons (Fsp3) is 0.273. The summed E-state index contributed by atoms with van der Waals surface area (Å²) in [6.07, 6.45) is 0.227. The maximum atomic E-state index is 13.0. The molecule has 2 aromatic rings. The second-order valence-corrected chi connectivity index (χ2v) is 6.53. The molecule has 0 heterocycles. The van der Waals surface area contributed by atoms with E-state index in [-0.39, 0.29) is 18.9 Å². The van der Waals surface area contributed by atoms with Crippen LogP contribution in [0, 0.1) is 11.3 Å². The molecule has 0 saturated carbocycles. The van der Waals surface area contributed by atoms with Crippen LogP contribution in [-0.4, -0.2) is 44.5 Å². The molecular formula is C22H24N4O4. The summed E-state index contributed by atoms with van der Waals surface area (Å²) in [6, 6.07) is 15.7. The molecule has 0 aromatic heterocycles. The van der Waals surface area contributed by atoms with Crippen LogP contribution < -0.4 is 16.0 Å². The van der Waals surface area contributed by atoms with Crippen molar-refractivity contribution in [1.82, 2.24) is 16.0 Å². The molecular weight excluding hydrogens is 384 g/mol. The topological polar surface area (TPSA) is 120 Å². The van der Waals surface area contributed by atoms with E-state index in [0.717, 1.165) is 5.56 Å². The van der Waals surface area contributed by atoms with Crippen molar-refractivity contribution < 1.29 is 19.1 Å². The number of ether oxygens (including phenoxy) is 1. The van der Waals surface area contributed by atoms with E-state index in [0.29, 0.717) is 11.1 Å². The second kappa shape index (κ2) is 11.3. The molecule has 0 radical (unpaired) electrons. The highest BCUT2D eigenvalue weighted by Gasteiger charge is 2.27. The first kappa shape index (κ1) is 22.6. The fourth-order valence-corrected chi connectivity index (χ4v) is 2.87. The Labute approximate surface area is 175 Å². The van der Waals surface area contributed by atoms with E-state index in [4.69, 9.17) is 10.00 Å². The van der Waals surface area contributed by atoms with Crippen molar-refractivity contribution in [2.45, 2.75) is 18.5 Å². The van der Waals surface area contributed by atoms with Crippen molar-refractivity contribution >= 4 is 17.7 Å². The number of hydrogen-bond acceptors (Lipinski definition) is 5. The normalized spacial score (nSPS) is 12.2. The number of hydrogen-bond donors (Lipinski definition) is 3. The quantitative estimate of drug-likeness (QED) is 0.568. The van der Waals surface area contributed by atoms with Gasteiger partial charge in [-0.1, -0.05) is 42.5 Å². The molecule has 0 aliphatic rings. The average molecular weight is 408 g/mol. The lowest BCUT2D eigenvalue weighted by Gasteiger charge is -2.23. The van der Waals surface area contributed by atoms with Crippen LogP contribution >= 0.6 is 0 Å². The minimum atomic E-state index is -0.984. The third kappa shape index (κ3) is 6.43. The molecule has 0 fully saturated rings. The number of benzene rings is 2. The maximum Gasteiger partial charge on any atom is 0.247 e. The fourth-order valence-electron chi connectivity index (χ4n) is 2.87. The Bertz CT molecular complexity index is 907. The Morgan fingerprint density at radius 3 is 2.23 bits per heavy atom. The van der Waals surface area contributed by atoms with Gasteiger partial charge in [0.15, 0.2) is 0 Å². The van der Waals surface area contributed by atoms with Gasteiger partial charge in [-0.2, -0.15) is 5.26 Å². The Morgan fingerprint density at radius 1 is 1.00 bits per heavy atom. The van der Waals surface area contributed by atoms with Crippen molar-refractivity contribution in [3.8, 4) is 6.07 Å². The minimum absolute atomic E-state index is 0.194. The molecule has 8 heteroatoms. The number of carbonyl (C=O) groups is 3. The van der Waals surface area contributed by atoms with Crippen LogP contribution in [0.1, 0.15) is 22.7 Å². The molecule has 3 N–H and O–H groups in total. The highest BCUT2D eigenvalue weighted by Crippen LogP contribution is 2.14. The summed E-state index contributed by atoms with van der Waals surface area (Å²) in [5, 5.41) is 16.8. The van der Waals surface area contributed by atoms with Crippen LogP contribution in [0.5, 0.6) is 0 Å². The predicted molar refractivity (Wildman–Crippen MR) is 110 cm³/mol. The summed E-state index contributed by atoms with van der Waals surface area (Å²) in [5.74, 6) is -1.35. The number of carbonyl (C=O) groups excluding carboxylic acids is 3. The van der Waals surface area contributed by atoms with Gasteiger partial charge in [0, 0.05) is 20.6 Å². The zero-order valence-corrected chi connectivity index (χ0v) is 16.8. The van der Waals surface area contributed by atoms with Gasteiger partial charge in [0.1, 0.15) is 18.7 Å². The molecule has 2 rings (SSSR count). The zero-order chi connectivity index (χ0) is 21.9. The lowest BCUT2D eigenvalue weighted by Crippen LogP contribution is -2.51. The molecule has 156 valence electrons. The van der Waals surface area contributed by atoms with Gasteiger partial charge < -0.3 is 20.7 Å². The Kier molecular flexibility index (Phi) is 8.54. The SMILES string of the molecule is CNC(=O)[C@@H](Cc1ccc(C#N)cc1)NC(=O)[C@@H](NC(=O)COC)c1ccccc1. The maximum absolute atomic E-state index is 13.0. The largest absolute Gasteiger partial charge is 0.375 e. The van der Waals surface area contributed by atoms with Crippen molar-refractivity contribution in [3.05, 3.63) is 71.3 Å². The highest BCUT2D eigenvalue weighted by molar-refractivity contribution is 5.93. The van der Waals surface area contributed by atoms with Gasteiger partial charge in [-0.3, -0.25) is 14.4 Å². The van der Waals surface area contributed by atoms with Crippen molar-refractivity contribution in [3.63, 3.8) is 0 Å². The van der Waals surface area contributed by atoms with Crippen LogP contribution in [0.3, 0.4) is 0 Å². The second-order valence-electron chi connectivity index (χ2n) is 6.53. The third-order valence-corrected chi connectivity index (χ3v) is 4.38. The molecule has 2 atom stereocenters.